The molecule has 2 aromatic carbocycles. The first kappa shape index (κ1) is 20.1. The summed E-state index contributed by atoms with van der Waals surface area (Å²) in [6.07, 6.45) is -4.48. The Balaban J connectivity index is 2.70. The van der Waals surface area contributed by atoms with Crippen molar-refractivity contribution in [2.24, 2.45) is 0 Å². The van der Waals surface area contributed by atoms with E-state index in [0.29, 0.717) is 11.3 Å². The summed E-state index contributed by atoms with van der Waals surface area (Å²) in [4.78, 5) is 0. The minimum absolute atomic E-state index is 0.0121. The summed E-state index contributed by atoms with van der Waals surface area (Å²) in [7, 11) is 0. The molecule has 2 aromatic rings. The lowest BCUT2D eigenvalue weighted by molar-refractivity contribution is -0.136. The van der Waals surface area contributed by atoms with Crippen LogP contribution in [0.3, 0.4) is 0 Å². The first-order valence-electron chi connectivity index (χ1n) is 8.53. The van der Waals surface area contributed by atoms with Gasteiger partial charge in [0.15, 0.2) is 0 Å². The average Bonchev–Trinajstić information content (AvgIpc) is 2.46. The van der Waals surface area contributed by atoms with Gasteiger partial charge in [0.1, 0.15) is 5.75 Å². The molecule has 0 saturated heterocycles. The summed E-state index contributed by atoms with van der Waals surface area (Å²) in [6, 6.07) is 9.01. The largest absolute Gasteiger partial charge is 0.505 e. The summed E-state index contributed by atoms with van der Waals surface area (Å²) in [5.74, 6) is -0.0121. The zero-order valence-corrected chi connectivity index (χ0v) is 16.0. The first-order valence-corrected chi connectivity index (χ1v) is 8.53. The first-order chi connectivity index (χ1) is 11.7. The van der Waals surface area contributed by atoms with Gasteiger partial charge in [-0.15, -0.1) is 0 Å². The van der Waals surface area contributed by atoms with Gasteiger partial charge in [-0.2, -0.15) is 13.2 Å². The van der Waals surface area contributed by atoms with Crippen LogP contribution in [0.1, 0.15) is 58.2 Å². The zero-order chi connectivity index (χ0) is 19.9. The number of para-hydroxylation sites is 1. The Kier molecular flexibility index (Phi) is 5.06. The molecular formula is C21H26F3NO. The summed E-state index contributed by atoms with van der Waals surface area (Å²) in [6.45, 7) is 11.7. The van der Waals surface area contributed by atoms with Crippen molar-refractivity contribution in [2.45, 2.75) is 58.5 Å². The van der Waals surface area contributed by atoms with E-state index in [1.165, 1.54) is 12.1 Å². The fourth-order valence-electron chi connectivity index (χ4n) is 2.92. The predicted molar refractivity (Wildman–Crippen MR) is 100 cm³/mol. The second-order valence-corrected chi connectivity index (χ2v) is 8.55. The Morgan fingerprint density at radius 2 is 1.23 bits per heavy atom. The number of nitrogens with one attached hydrogen (secondary N) is 1. The fraction of sp³-hybridized carbons (Fsp3) is 0.429. The lowest BCUT2D eigenvalue weighted by Crippen LogP contribution is -2.18. The normalized spacial score (nSPS) is 13.0. The molecule has 0 spiro atoms. The summed E-state index contributed by atoms with van der Waals surface area (Å²) in [5, 5.41) is 13.7. The Morgan fingerprint density at radius 1 is 0.731 bits per heavy atom. The molecule has 0 amide bonds. The molecule has 142 valence electrons. The van der Waals surface area contributed by atoms with Crippen LogP contribution < -0.4 is 5.32 Å². The van der Waals surface area contributed by atoms with Crippen molar-refractivity contribution in [3.63, 3.8) is 0 Å². The SMILES string of the molecule is CC(C)(C)c1ccc(C(C)(C)C)c(Nc2ccccc2C(F)(F)F)c1O. The topological polar surface area (TPSA) is 32.3 Å². The van der Waals surface area contributed by atoms with Crippen LogP contribution in [-0.2, 0) is 17.0 Å². The number of rotatable bonds is 2. The van der Waals surface area contributed by atoms with Crippen molar-refractivity contribution >= 4 is 11.4 Å². The highest BCUT2D eigenvalue weighted by molar-refractivity contribution is 5.75. The van der Waals surface area contributed by atoms with Gasteiger partial charge in [-0.3, -0.25) is 0 Å². The molecule has 2 rings (SSSR count). The maximum absolute atomic E-state index is 13.4. The van der Waals surface area contributed by atoms with Crippen molar-refractivity contribution in [3.8, 4) is 5.75 Å². The third kappa shape index (κ3) is 4.14. The average molecular weight is 365 g/mol. The van der Waals surface area contributed by atoms with Gasteiger partial charge in [-0.1, -0.05) is 65.8 Å². The third-order valence-electron chi connectivity index (χ3n) is 4.29. The van der Waals surface area contributed by atoms with Crippen molar-refractivity contribution in [3.05, 3.63) is 53.1 Å². The van der Waals surface area contributed by atoms with Crippen molar-refractivity contribution < 1.29 is 18.3 Å². The van der Waals surface area contributed by atoms with Crippen molar-refractivity contribution in [1.29, 1.82) is 0 Å². The summed E-state index contributed by atoms with van der Waals surface area (Å²) < 4.78 is 40.1. The van der Waals surface area contributed by atoms with Gasteiger partial charge >= 0.3 is 6.18 Å². The van der Waals surface area contributed by atoms with E-state index in [9.17, 15) is 18.3 Å². The minimum atomic E-state index is -4.48. The van der Waals surface area contributed by atoms with Gasteiger partial charge in [0, 0.05) is 5.56 Å². The number of anilines is 2. The third-order valence-corrected chi connectivity index (χ3v) is 4.29. The summed E-state index contributed by atoms with van der Waals surface area (Å²) in [5.41, 5.74) is 0.204. The van der Waals surface area contributed by atoms with Gasteiger partial charge in [0.2, 0.25) is 0 Å². The Labute approximate surface area is 153 Å². The molecule has 2 N–H and O–H groups in total. The number of benzene rings is 2. The monoisotopic (exact) mass is 365 g/mol. The smallest absolute Gasteiger partial charge is 0.418 e. The van der Waals surface area contributed by atoms with E-state index in [1.807, 2.05) is 53.7 Å². The highest BCUT2D eigenvalue weighted by Crippen LogP contribution is 2.45. The van der Waals surface area contributed by atoms with Crippen LogP contribution in [0.5, 0.6) is 5.75 Å². The van der Waals surface area contributed by atoms with Gasteiger partial charge in [-0.05, 0) is 28.5 Å². The van der Waals surface area contributed by atoms with Crippen LogP contribution >= 0.6 is 0 Å². The predicted octanol–water partition coefficient (Wildman–Crippen LogP) is 6.75. The molecule has 0 aromatic heterocycles. The maximum atomic E-state index is 13.4. The van der Waals surface area contributed by atoms with E-state index in [2.05, 4.69) is 5.32 Å². The zero-order valence-electron chi connectivity index (χ0n) is 16.0. The van der Waals surface area contributed by atoms with Crippen LogP contribution in [0.2, 0.25) is 0 Å². The molecule has 0 aliphatic heterocycles. The van der Waals surface area contributed by atoms with Crippen LogP contribution in [0.15, 0.2) is 36.4 Å². The van der Waals surface area contributed by atoms with Gasteiger partial charge in [-0.25, -0.2) is 0 Å². The molecule has 0 aliphatic carbocycles. The number of alkyl halides is 3. The Hall–Kier alpha value is -2.17. The number of phenolic OH excluding ortho intramolecular Hbond substituents is 1. The van der Waals surface area contributed by atoms with E-state index in [0.717, 1.165) is 11.6 Å². The number of halogens is 3. The quantitative estimate of drug-likeness (QED) is 0.577. The van der Waals surface area contributed by atoms with E-state index in [-0.39, 0.29) is 22.3 Å². The van der Waals surface area contributed by atoms with Gasteiger partial charge in [0.25, 0.3) is 0 Å². The number of phenols is 1. The molecular weight excluding hydrogens is 339 g/mol. The molecule has 0 unspecified atom stereocenters. The second-order valence-electron chi connectivity index (χ2n) is 8.55. The van der Waals surface area contributed by atoms with Gasteiger partial charge < -0.3 is 10.4 Å². The highest BCUT2D eigenvalue weighted by Gasteiger charge is 2.34. The van der Waals surface area contributed by atoms with E-state index in [1.54, 1.807) is 6.07 Å². The number of aromatic hydroxyl groups is 1. The van der Waals surface area contributed by atoms with Crippen molar-refractivity contribution in [2.75, 3.05) is 5.32 Å². The lowest BCUT2D eigenvalue weighted by Gasteiger charge is -2.29. The molecule has 0 atom stereocenters. The molecule has 0 radical (unpaired) electrons. The van der Waals surface area contributed by atoms with E-state index < -0.39 is 11.7 Å². The minimum Gasteiger partial charge on any atom is -0.505 e. The molecule has 0 aliphatic rings. The van der Waals surface area contributed by atoms with Crippen LogP contribution in [-0.4, -0.2) is 5.11 Å². The van der Waals surface area contributed by atoms with E-state index in [4.69, 9.17) is 0 Å². The molecule has 0 bridgehead atoms. The molecule has 5 heteroatoms. The lowest BCUT2D eigenvalue weighted by atomic mass is 9.80. The number of hydrogen-bond donors (Lipinski definition) is 2. The second kappa shape index (κ2) is 6.53. The highest BCUT2D eigenvalue weighted by atomic mass is 19.4. The molecule has 2 nitrogen and oxygen atoms in total. The Morgan fingerprint density at radius 3 is 1.73 bits per heavy atom. The summed E-state index contributed by atoms with van der Waals surface area (Å²) >= 11 is 0. The molecule has 0 saturated carbocycles. The molecule has 0 heterocycles. The Bertz CT molecular complexity index is 796. The van der Waals surface area contributed by atoms with Crippen LogP contribution in [0.4, 0.5) is 24.5 Å². The fourth-order valence-corrected chi connectivity index (χ4v) is 2.92. The standard InChI is InChI=1S/C21H26F3NO/c1-19(2,3)14-11-12-15(20(4,5)6)18(26)17(14)25-16-10-8-7-9-13(16)21(22,23)24/h7-12,25-26H,1-6H3. The molecule has 26 heavy (non-hydrogen) atoms. The van der Waals surface area contributed by atoms with Crippen LogP contribution in [0.25, 0.3) is 0 Å². The van der Waals surface area contributed by atoms with Crippen LogP contribution in [0, 0.1) is 0 Å². The van der Waals surface area contributed by atoms with Gasteiger partial charge in [0.05, 0.1) is 16.9 Å². The molecule has 0 fully saturated rings. The maximum Gasteiger partial charge on any atom is 0.418 e. The van der Waals surface area contributed by atoms with Crippen molar-refractivity contribution in [1.82, 2.24) is 0 Å². The number of hydrogen-bond acceptors (Lipinski definition) is 2. The van der Waals surface area contributed by atoms with E-state index >= 15 is 0 Å².